The number of rotatable bonds is 3. The van der Waals surface area contributed by atoms with Crippen molar-refractivity contribution in [3.05, 3.63) is 36.4 Å². The number of hydrogen-bond donors (Lipinski definition) is 2. The monoisotopic (exact) mass is 317 g/mol. The molecule has 0 aliphatic rings. The summed E-state index contributed by atoms with van der Waals surface area (Å²) < 4.78 is 9.77. The van der Waals surface area contributed by atoms with Crippen LogP contribution in [-0.2, 0) is 9.47 Å². The third-order valence-corrected chi connectivity index (χ3v) is 3.12. The fourth-order valence-corrected chi connectivity index (χ4v) is 2.13. The van der Waals surface area contributed by atoms with Gasteiger partial charge in [0, 0.05) is 5.39 Å². The first kappa shape index (κ1) is 16.4. The molecule has 0 saturated carbocycles. The molecule has 0 aliphatic heterocycles. The molecule has 3 N–H and O–H groups in total. The summed E-state index contributed by atoms with van der Waals surface area (Å²) in [4.78, 5) is 23.8. The minimum Gasteiger partial charge on any atom is -0.449 e. The lowest BCUT2D eigenvalue weighted by atomic mass is 10.1. The summed E-state index contributed by atoms with van der Waals surface area (Å²) in [5.41, 5.74) is 9.17. The van der Waals surface area contributed by atoms with Gasteiger partial charge in [0.15, 0.2) is 0 Å². The third kappa shape index (κ3) is 3.63. The maximum Gasteiger partial charge on any atom is 0.433 e. The van der Waals surface area contributed by atoms with Crippen molar-refractivity contribution >= 4 is 34.3 Å². The first-order chi connectivity index (χ1) is 11.1. The summed E-state index contributed by atoms with van der Waals surface area (Å²) in [5, 5.41) is 2.64. The number of nitrogens with one attached hydrogen (secondary N) is 1. The number of hydrogen-bond acceptors (Lipinski definition) is 5. The lowest BCUT2D eigenvalue weighted by Crippen LogP contribution is -2.47. The van der Waals surface area contributed by atoms with E-state index in [1.54, 1.807) is 26.0 Å². The Morgan fingerprint density at radius 3 is 2.48 bits per heavy atom. The molecule has 2 aromatic carbocycles. The zero-order valence-corrected chi connectivity index (χ0v) is 13.0. The second-order valence-electron chi connectivity index (χ2n) is 4.59. The number of carbonyl (C=O) groups excluding carboxylic acids is 2. The van der Waals surface area contributed by atoms with Crippen molar-refractivity contribution in [3.8, 4) is 0 Å². The highest BCUT2D eigenvalue weighted by atomic mass is 16.6. The molecule has 0 atom stereocenters. The van der Waals surface area contributed by atoms with Crippen molar-refractivity contribution in [3.63, 3.8) is 0 Å². The molecule has 0 saturated heterocycles. The maximum atomic E-state index is 12.1. The summed E-state index contributed by atoms with van der Waals surface area (Å²) >= 11 is 0. The van der Waals surface area contributed by atoms with E-state index in [1.165, 1.54) is 0 Å². The number of fused-ring (bicyclic) bond motifs is 1. The van der Waals surface area contributed by atoms with E-state index in [0.29, 0.717) is 11.4 Å². The number of hydrazine groups is 1. The van der Waals surface area contributed by atoms with Crippen molar-refractivity contribution in [2.45, 2.75) is 13.8 Å². The fraction of sp³-hybridized carbons (Fsp3) is 0.250. The van der Waals surface area contributed by atoms with Crippen LogP contribution in [0.5, 0.6) is 0 Å². The number of ether oxygens (including phenoxy) is 2. The van der Waals surface area contributed by atoms with Gasteiger partial charge in [-0.3, -0.25) is 0 Å². The van der Waals surface area contributed by atoms with Gasteiger partial charge in [0.05, 0.1) is 24.6 Å². The third-order valence-electron chi connectivity index (χ3n) is 3.12. The SMILES string of the molecule is CCOC(=O)NN(C(=O)OCC)c1ccc2ccccc2c1N. The highest BCUT2D eigenvalue weighted by Crippen LogP contribution is 2.31. The lowest BCUT2D eigenvalue weighted by molar-refractivity contribution is 0.139. The summed E-state index contributed by atoms with van der Waals surface area (Å²) in [5.74, 6) is 0. The Morgan fingerprint density at radius 1 is 1.09 bits per heavy atom. The van der Waals surface area contributed by atoms with Crippen LogP contribution in [0.15, 0.2) is 36.4 Å². The first-order valence-electron chi connectivity index (χ1n) is 7.26. The Kier molecular flexibility index (Phi) is 5.24. The molecule has 23 heavy (non-hydrogen) atoms. The topological polar surface area (TPSA) is 93.9 Å². The van der Waals surface area contributed by atoms with Crippen LogP contribution < -0.4 is 16.2 Å². The van der Waals surface area contributed by atoms with Crippen LogP contribution in [0.1, 0.15) is 13.8 Å². The van der Waals surface area contributed by atoms with E-state index >= 15 is 0 Å². The van der Waals surface area contributed by atoms with Crippen LogP contribution in [0.3, 0.4) is 0 Å². The second kappa shape index (κ2) is 7.35. The highest BCUT2D eigenvalue weighted by Gasteiger charge is 2.23. The van der Waals surface area contributed by atoms with Crippen LogP contribution in [0.25, 0.3) is 10.8 Å². The number of nitrogen functional groups attached to an aromatic ring is 1. The number of nitrogens with two attached hydrogens (primary N) is 1. The zero-order chi connectivity index (χ0) is 16.8. The molecule has 7 nitrogen and oxygen atoms in total. The second-order valence-corrected chi connectivity index (χ2v) is 4.59. The van der Waals surface area contributed by atoms with E-state index in [9.17, 15) is 9.59 Å². The van der Waals surface area contributed by atoms with Gasteiger partial charge in [0.1, 0.15) is 0 Å². The van der Waals surface area contributed by atoms with Gasteiger partial charge in [0.2, 0.25) is 0 Å². The quantitative estimate of drug-likeness (QED) is 0.670. The van der Waals surface area contributed by atoms with Gasteiger partial charge in [-0.15, -0.1) is 0 Å². The van der Waals surface area contributed by atoms with Crippen LogP contribution in [0.2, 0.25) is 0 Å². The number of carbonyl (C=O) groups is 2. The van der Waals surface area contributed by atoms with Gasteiger partial charge in [-0.2, -0.15) is 5.01 Å². The van der Waals surface area contributed by atoms with Gasteiger partial charge < -0.3 is 15.2 Å². The largest absolute Gasteiger partial charge is 0.449 e. The van der Waals surface area contributed by atoms with E-state index in [2.05, 4.69) is 5.43 Å². The molecule has 0 fully saturated rings. The molecule has 2 amide bonds. The predicted molar refractivity (Wildman–Crippen MR) is 88.0 cm³/mol. The Hall–Kier alpha value is -2.96. The van der Waals surface area contributed by atoms with Crippen molar-refractivity contribution in [1.82, 2.24) is 5.43 Å². The molecule has 0 aliphatic carbocycles. The standard InChI is InChI=1S/C16H19N3O4/c1-3-22-15(20)18-19(16(21)23-4-2)13-10-9-11-7-5-6-8-12(11)14(13)17/h5-10H,3-4,17H2,1-2H3,(H,18,20). The van der Waals surface area contributed by atoms with Crippen molar-refractivity contribution in [2.75, 3.05) is 24.0 Å². The molecule has 0 unspecified atom stereocenters. The zero-order valence-electron chi connectivity index (χ0n) is 13.0. The molecule has 0 aromatic heterocycles. The molecule has 7 heteroatoms. The van der Waals surface area contributed by atoms with Crippen molar-refractivity contribution in [1.29, 1.82) is 0 Å². The average molecular weight is 317 g/mol. The Morgan fingerprint density at radius 2 is 1.78 bits per heavy atom. The molecule has 0 heterocycles. The maximum absolute atomic E-state index is 12.1. The molecule has 0 spiro atoms. The Bertz CT molecular complexity index is 718. The summed E-state index contributed by atoms with van der Waals surface area (Å²) in [6, 6.07) is 10.9. The van der Waals surface area contributed by atoms with Gasteiger partial charge in [0.25, 0.3) is 0 Å². The van der Waals surface area contributed by atoms with Crippen molar-refractivity contribution in [2.24, 2.45) is 0 Å². The minimum absolute atomic E-state index is 0.160. The molecule has 2 rings (SSSR count). The van der Waals surface area contributed by atoms with Crippen LogP contribution >= 0.6 is 0 Å². The van der Waals surface area contributed by atoms with Gasteiger partial charge in [-0.25, -0.2) is 15.0 Å². The molecule has 0 radical (unpaired) electrons. The number of anilines is 2. The predicted octanol–water partition coefficient (Wildman–Crippen LogP) is 3.05. The van der Waals surface area contributed by atoms with Gasteiger partial charge >= 0.3 is 12.2 Å². The number of amides is 2. The molecular formula is C16H19N3O4. The molecule has 0 bridgehead atoms. The first-order valence-corrected chi connectivity index (χ1v) is 7.26. The highest BCUT2D eigenvalue weighted by molar-refractivity contribution is 6.04. The summed E-state index contributed by atoms with van der Waals surface area (Å²) in [6.45, 7) is 3.67. The van der Waals surface area contributed by atoms with Crippen molar-refractivity contribution < 1.29 is 19.1 Å². The summed E-state index contributed by atoms with van der Waals surface area (Å²) in [7, 11) is 0. The Labute approximate surface area is 133 Å². The van der Waals surface area contributed by atoms with Gasteiger partial charge in [-0.05, 0) is 25.3 Å². The van der Waals surface area contributed by atoms with Crippen LogP contribution in [0, 0.1) is 0 Å². The van der Waals surface area contributed by atoms with Gasteiger partial charge in [-0.1, -0.05) is 30.3 Å². The average Bonchev–Trinajstić information content (AvgIpc) is 2.54. The number of benzene rings is 2. The summed E-state index contributed by atoms with van der Waals surface area (Å²) in [6.07, 6.45) is -1.52. The number of nitrogens with zero attached hydrogens (tertiary/aromatic N) is 1. The van der Waals surface area contributed by atoms with Crippen LogP contribution in [0.4, 0.5) is 21.0 Å². The van der Waals surface area contributed by atoms with Crippen LogP contribution in [-0.4, -0.2) is 25.4 Å². The van der Waals surface area contributed by atoms with E-state index in [0.717, 1.165) is 15.8 Å². The fourth-order valence-electron chi connectivity index (χ4n) is 2.13. The smallest absolute Gasteiger partial charge is 0.433 e. The van der Waals surface area contributed by atoms with E-state index in [-0.39, 0.29) is 13.2 Å². The Balaban J connectivity index is 2.43. The minimum atomic E-state index is -0.770. The normalized spacial score (nSPS) is 10.2. The molecular weight excluding hydrogens is 298 g/mol. The molecule has 122 valence electrons. The lowest BCUT2D eigenvalue weighted by Gasteiger charge is -2.23. The van der Waals surface area contributed by atoms with E-state index < -0.39 is 12.2 Å². The molecule has 2 aromatic rings. The van der Waals surface area contributed by atoms with E-state index in [1.807, 2.05) is 24.3 Å². The van der Waals surface area contributed by atoms with E-state index in [4.69, 9.17) is 15.2 Å².